The van der Waals surface area contributed by atoms with Gasteiger partial charge in [0.25, 0.3) is 5.69 Å². The summed E-state index contributed by atoms with van der Waals surface area (Å²) in [6.07, 6.45) is 0. The van der Waals surface area contributed by atoms with Crippen LogP contribution >= 0.6 is 0 Å². The number of ketones is 1. The molecule has 132 valence electrons. The summed E-state index contributed by atoms with van der Waals surface area (Å²) in [5, 5.41) is 25.9. The van der Waals surface area contributed by atoms with Gasteiger partial charge in [-0.25, -0.2) is 4.68 Å². The molecule has 2 aromatic heterocycles. The molecule has 0 amide bonds. The molecule has 3 rings (SSSR count). The molecule has 0 spiro atoms. The van der Waals surface area contributed by atoms with E-state index in [2.05, 4.69) is 5.10 Å². The van der Waals surface area contributed by atoms with E-state index in [1.54, 1.807) is 6.92 Å². The summed E-state index contributed by atoms with van der Waals surface area (Å²) < 4.78 is 6.59. The van der Waals surface area contributed by atoms with Crippen LogP contribution in [0.25, 0.3) is 17.1 Å². The van der Waals surface area contributed by atoms with E-state index in [1.165, 1.54) is 48.0 Å². The maximum atomic E-state index is 12.1. The van der Waals surface area contributed by atoms with Gasteiger partial charge in [-0.3, -0.25) is 25.0 Å². The van der Waals surface area contributed by atoms with Gasteiger partial charge in [-0.2, -0.15) is 5.10 Å². The lowest BCUT2D eigenvalue weighted by molar-refractivity contribution is -0.401. The van der Waals surface area contributed by atoms with E-state index in [0.717, 1.165) is 0 Å². The Morgan fingerprint density at radius 1 is 1.08 bits per heavy atom. The van der Waals surface area contributed by atoms with E-state index in [1.807, 2.05) is 0 Å². The van der Waals surface area contributed by atoms with Crippen LogP contribution in [0.5, 0.6) is 0 Å². The second-order valence-corrected chi connectivity index (χ2v) is 5.45. The lowest BCUT2D eigenvalue weighted by Gasteiger charge is -2.04. The van der Waals surface area contributed by atoms with Gasteiger partial charge in [0.2, 0.25) is 0 Å². The molecule has 3 aromatic rings. The fourth-order valence-electron chi connectivity index (χ4n) is 2.62. The first-order chi connectivity index (χ1) is 12.3. The summed E-state index contributed by atoms with van der Waals surface area (Å²) >= 11 is 0. The van der Waals surface area contributed by atoms with Crippen LogP contribution in [0.2, 0.25) is 0 Å². The number of aromatic nitrogens is 2. The molecule has 0 fully saturated rings. The number of hydrogen-bond donors (Lipinski definition) is 0. The molecule has 0 radical (unpaired) electrons. The number of carbonyl (C=O) groups is 1. The van der Waals surface area contributed by atoms with E-state index in [9.17, 15) is 25.0 Å². The maximum Gasteiger partial charge on any atom is 0.433 e. The number of furan rings is 1. The summed E-state index contributed by atoms with van der Waals surface area (Å²) in [4.78, 5) is 32.5. The zero-order valence-electron chi connectivity index (χ0n) is 13.7. The summed E-state index contributed by atoms with van der Waals surface area (Å²) in [7, 11) is 0. The number of hydrogen-bond acceptors (Lipinski definition) is 7. The number of nitro groups is 2. The minimum absolute atomic E-state index is 0.0766. The fourth-order valence-corrected chi connectivity index (χ4v) is 2.62. The first-order valence-corrected chi connectivity index (χ1v) is 7.39. The minimum atomic E-state index is -0.683. The first-order valence-electron chi connectivity index (χ1n) is 7.39. The molecule has 0 N–H and O–H groups in total. The molecule has 0 saturated carbocycles. The number of non-ortho nitro benzene ring substituents is 1. The molecule has 0 aliphatic heterocycles. The molecular formula is C16H12N4O6. The Morgan fingerprint density at radius 3 is 2.23 bits per heavy atom. The maximum absolute atomic E-state index is 12.1. The van der Waals surface area contributed by atoms with Crippen LogP contribution < -0.4 is 0 Å². The highest BCUT2D eigenvalue weighted by Gasteiger charge is 2.24. The molecule has 1 aromatic carbocycles. The zero-order chi connectivity index (χ0) is 19.0. The number of Topliss-reactive ketones (excluding diaryl/α,β-unsaturated/α-hetero) is 1. The van der Waals surface area contributed by atoms with Crippen LogP contribution in [0, 0.1) is 27.2 Å². The number of benzene rings is 1. The molecule has 0 aliphatic rings. The van der Waals surface area contributed by atoms with Crippen molar-refractivity contribution in [2.45, 2.75) is 13.8 Å². The molecule has 0 unspecified atom stereocenters. The third kappa shape index (κ3) is 2.83. The summed E-state index contributed by atoms with van der Waals surface area (Å²) in [6, 6.07) is 8.18. The second-order valence-electron chi connectivity index (χ2n) is 5.45. The van der Waals surface area contributed by atoms with Crippen LogP contribution in [-0.4, -0.2) is 25.4 Å². The summed E-state index contributed by atoms with van der Waals surface area (Å²) in [6.45, 7) is 3.01. The minimum Gasteiger partial charge on any atom is -0.399 e. The second kappa shape index (κ2) is 6.24. The fraction of sp³-hybridized carbons (Fsp3) is 0.125. The van der Waals surface area contributed by atoms with Crippen LogP contribution in [0.1, 0.15) is 23.0 Å². The average molecular weight is 356 g/mol. The Labute approximate surface area is 146 Å². The van der Waals surface area contributed by atoms with Crippen molar-refractivity contribution >= 4 is 17.4 Å². The van der Waals surface area contributed by atoms with Crippen LogP contribution in [0.4, 0.5) is 11.6 Å². The molecule has 0 atom stereocenters. The van der Waals surface area contributed by atoms with Gasteiger partial charge in [-0.05, 0) is 32.0 Å². The van der Waals surface area contributed by atoms with Gasteiger partial charge in [-0.15, -0.1) is 0 Å². The third-order valence-corrected chi connectivity index (χ3v) is 3.78. The summed E-state index contributed by atoms with van der Waals surface area (Å²) in [5.74, 6) is -0.660. The highest BCUT2D eigenvalue weighted by Crippen LogP contribution is 2.31. The predicted octanol–water partition coefficient (Wildman–Crippen LogP) is 3.46. The Morgan fingerprint density at radius 2 is 1.73 bits per heavy atom. The van der Waals surface area contributed by atoms with Crippen molar-refractivity contribution in [2.24, 2.45) is 0 Å². The molecular weight excluding hydrogens is 344 g/mol. The van der Waals surface area contributed by atoms with Gasteiger partial charge < -0.3 is 4.42 Å². The van der Waals surface area contributed by atoms with E-state index in [0.29, 0.717) is 11.4 Å². The number of nitrogens with zero attached hydrogens (tertiary/aromatic N) is 4. The van der Waals surface area contributed by atoms with Crippen molar-refractivity contribution in [1.82, 2.24) is 9.78 Å². The molecule has 0 saturated heterocycles. The molecule has 2 heterocycles. The number of nitro benzene ring substituents is 1. The largest absolute Gasteiger partial charge is 0.433 e. The normalized spacial score (nSPS) is 10.7. The average Bonchev–Trinajstić information content (AvgIpc) is 3.19. The number of rotatable bonds is 5. The molecule has 26 heavy (non-hydrogen) atoms. The Kier molecular flexibility index (Phi) is 4.08. The monoisotopic (exact) mass is 356 g/mol. The smallest absolute Gasteiger partial charge is 0.399 e. The lowest BCUT2D eigenvalue weighted by atomic mass is 10.1. The third-order valence-electron chi connectivity index (χ3n) is 3.78. The quantitative estimate of drug-likeness (QED) is 0.388. The lowest BCUT2D eigenvalue weighted by Crippen LogP contribution is -2.01. The first kappa shape index (κ1) is 17.0. The van der Waals surface area contributed by atoms with E-state index in [4.69, 9.17) is 4.42 Å². The SMILES string of the molecule is CC(=O)c1c(-c2ccc([N+](=O)[O-])o2)nn(-c2ccc([N+](=O)[O-])cc2)c1C. The van der Waals surface area contributed by atoms with Crippen molar-refractivity contribution in [3.8, 4) is 17.1 Å². The van der Waals surface area contributed by atoms with Crippen molar-refractivity contribution in [3.63, 3.8) is 0 Å². The molecule has 10 nitrogen and oxygen atoms in total. The van der Waals surface area contributed by atoms with Crippen molar-refractivity contribution in [2.75, 3.05) is 0 Å². The van der Waals surface area contributed by atoms with Crippen molar-refractivity contribution < 1.29 is 19.1 Å². The zero-order valence-corrected chi connectivity index (χ0v) is 13.7. The van der Waals surface area contributed by atoms with Gasteiger partial charge in [0, 0.05) is 12.1 Å². The van der Waals surface area contributed by atoms with Crippen molar-refractivity contribution in [3.05, 3.63) is 67.9 Å². The topological polar surface area (TPSA) is 134 Å². The summed E-state index contributed by atoms with van der Waals surface area (Å²) in [5.41, 5.74) is 1.34. The Balaban J connectivity index is 2.14. The van der Waals surface area contributed by atoms with E-state index in [-0.39, 0.29) is 28.5 Å². The van der Waals surface area contributed by atoms with Crippen LogP contribution in [0.15, 0.2) is 40.8 Å². The van der Waals surface area contributed by atoms with Crippen molar-refractivity contribution in [1.29, 1.82) is 0 Å². The molecule has 10 heteroatoms. The molecule has 0 aliphatic carbocycles. The highest BCUT2D eigenvalue weighted by molar-refractivity contribution is 6.00. The van der Waals surface area contributed by atoms with Crippen LogP contribution in [0.3, 0.4) is 0 Å². The van der Waals surface area contributed by atoms with Gasteiger partial charge in [0.05, 0.1) is 27.9 Å². The molecule has 0 bridgehead atoms. The van der Waals surface area contributed by atoms with Gasteiger partial charge in [0.1, 0.15) is 10.6 Å². The van der Waals surface area contributed by atoms with E-state index < -0.39 is 15.7 Å². The Bertz CT molecular complexity index is 1030. The Hall–Kier alpha value is -3.82. The predicted molar refractivity (Wildman–Crippen MR) is 89.3 cm³/mol. The standard InChI is InChI=1S/C16H12N4O6/c1-9-15(10(2)21)16(13-7-8-14(26-13)20(24)25)17-18(9)11-3-5-12(6-4-11)19(22)23/h3-8H,1-2H3. The van der Waals surface area contributed by atoms with E-state index >= 15 is 0 Å². The highest BCUT2D eigenvalue weighted by atomic mass is 16.6. The van der Waals surface area contributed by atoms with Gasteiger partial charge in [0.15, 0.2) is 11.5 Å². The number of carbonyl (C=O) groups excluding carboxylic acids is 1. The van der Waals surface area contributed by atoms with Gasteiger partial charge in [-0.1, -0.05) is 0 Å². The van der Waals surface area contributed by atoms with Crippen LogP contribution in [-0.2, 0) is 0 Å². The van der Waals surface area contributed by atoms with Gasteiger partial charge >= 0.3 is 5.88 Å².